The van der Waals surface area contributed by atoms with Crippen molar-refractivity contribution in [2.24, 2.45) is 0 Å². The van der Waals surface area contributed by atoms with E-state index in [9.17, 15) is 0 Å². The molecule has 1 aromatic heterocycles. The molecule has 1 saturated carbocycles. The van der Waals surface area contributed by atoms with E-state index in [1.165, 1.54) is 18.4 Å². The molecule has 0 atom stereocenters. The van der Waals surface area contributed by atoms with Crippen LogP contribution in [0.4, 0.5) is 0 Å². The SMILES string of the molecule is N.c1cncc(C2CC2)c1. The van der Waals surface area contributed by atoms with Crippen LogP contribution in [0.1, 0.15) is 24.3 Å². The van der Waals surface area contributed by atoms with Crippen molar-refractivity contribution in [1.29, 1.82) is 0 Å². The minimum absolute atomic E-state index is 0. The van der Waals surface area contributed by atoms with E-state index >= 15 is 0 Å². The Hall–Kier alpha value is -0.890. The van der Waals surface area contributed by atoms with Crippen LogP contribution in [0.25, 0.3) is 0 Å². The first-order chi connectivity index (χ1) is 4.47. The van der Waals surface area contributed by atoms with E-state index in [1.54, 1.807) is 0 Å². The first-order valence-corrected chi connectivity index (χ1v) is 3.37. The highest BCUT2D eigenvalue weighted by atomic mass is 14.6. The van der Waals surface area contributed by atoms with Gasteiger partial charge in [-0.2, -0.15) is 0 Å². The highest BCUT2D eigenvalue weighted by Gasteiger charge is 2.22. The maximum absolute atomic E-state index is 4.05. The summed E-state index contributed by atoms with van der Waals surface area (Å²) in [6.45, 7) is 0. The van der Waals surface area contributed by atoms with Gasteiger partial charge in [0.1, 0.15) is 0 Å². The minimum atomic E-state index is 0. The lowest BCUT2D eigenvalue weighted by Crippen LogP contribution is -1.77. The van der Waals surface area contributed by atoms with Crippen molar-refractivity contribution in [3.05, 3.63) is 30.1 Å². The van der Waals surface area contributed by atoms with Gasteiger partial charge in [-0.05, 0) is 30.4 Å². The molecule has 0 amide bonds. The second kappa shape index (κ2) is 2.80. The third kappa shape index (κ3) is 1.33. The van der Waals surface area contributed by atoms with E-state index in [1.807, 2.05) is 18.5 Å². The number of hydrogen-bond donors (Lipinski definition) is 1. The Labute approximate surface area is 60.9 Å². The van der Waals surface area contributed by atoms with E-state index in [2.05, 4.69) is 11.1 Å². The third-order valence-corrected chi connectivity index (χ3v) is 1.73. The Balaban J connectivity index is 0.000000500. The smallest absolute Gasteiger partial charge is 0.0302 e. The molecule has 1 fully saturated rings. The van der Waals surface area contributed by atoms with Crippen molar-refractivity contribution in [2.75, 3.05) is 0 Å². The molecule has 10 heavy (non-hydrogen) atoms. The molecule has 3 N–H and O–H groups in total. The second-order valence-electron chi connectivity index (χ2n) is 2.56. The van der Waals surface area contributed by atoms with Crippen molar-refractivity contribution >= 4 is 0 Å². The fraction of sp³-hybridized carbons (Fsp3) is 0.375. The van der Waals surface area contributed by atoms with Gasteiger partial charge in [0, 0.05) is 12.4 Å². The van der Waals surface area contributed by atoms with Crippen LogP contribution in [-0.2, 0) is 0 Å². The van der Waals surface area contributed by atoms with Gasteiger partial charge in [-0.3, -0.25) is 4.98 Å². The number of aromatic nitrogens is 1. The van der Waals surface area contributed by atoms with Crippen LogP contribution in [0.2, 0.25) is 0 Å². The number of nitrogens with zero attached hydrogens (tertiary/aromatic N) is 1. The van der Waals surface area contributed by atoms with Crippen molar-refractivity contribution in [3.8, 4) is 0 Å². The van der Waals surface area contributed by atoms with Crippen LogP contribution in [0.5, 0.6) is 0 Å². The van der Waals surface area contributed by atoms with E-state index in [0.29, 0.717) is 0 Å². The van der Waals surface area contributed by atoms with Crippen LogP contribution >= 0.6 is 0 Å². The zero-order valence-corrected chi connectivity index (χ0v) is 5.96. The van der Waals surface area contributed by atoms with Gasteiger partial charge in [0.05, 0.1) is 0 Å². The average Bonchev–Trinajstić information content (AvgIpc) is 2.71. The summed E-state index contributed by atoms with van der Waals surface area (Å²) in [6.07, 6.45) is 6.53. The lowest BCUT2D eigenvalue weighted by atomic mass is 10.2. The van der Waals surface area contributed by atoms with Crippen molar-refractivity contribution in [3.63, 3.8) is 0 Å². The topological polar surface area (TPSA) is 47.9 Å². The Morgan fingerprint density at radius 3 is 2.70 bits per heavy atom. The molecule has 1 heterocycles. The van der Waals surface area contributed by atoms with Gasteiger partial charge in [-0.15, -0.1) is 0 Å². The fourth-order valence-electron chi connectivity index (χ4n) is 1.03. The molecule has 1 aromatic rings. The molecule has 0 spiro atoms. The van der Waals surface area contributed by atoms with Crippen molar-refractivity contribution in [1.82, 2.24) is 11.1 Å². The monoisotopic (exact) mass is 136 g/mol. The molecule has 0 bridgehead atoms. The molecule has 0 unspecified atom stereocenters. The third-order valence-electron chi connectivity index (χ3n) is 1.73. The van der Waals surface area contributed by atoms with Crippen molar-refractivity contribution < 1.29 is 0 Å². The molecule has 1 aliphatic carbocycles. The van der Waals surface area contributed by atoms with E-state index < -0.39 is 0 Å². The van der Waals surface area contributed by atoms with Gasteiger partial charge in [0.15, 0.2) is 0 Å². The Kier molecular flexibility index (Phi) is 2.02. The maximum Gasteiger partial charge on any atom is 0.0302 e. The number of pyridine rings is 1. The van der Waals surface area contributed by atoms with E-state index in [-0.39, 0.29) is 6.15 Å². The molecular formula is C8H12N2. The average molecular weight is 136 g/mol. The lowest BCUT2D eigenvalue weighted by Gasteiger charge is -1.91. The molecule has 2 heteroatoms. The second-order valence-corrected chi connectivity index (χ2v) is 2.56. The zero-order valence-electron chi connectivity index (χ0n) is 5.96. The van der Waals surface area contributed by atoms with Crippen LogP contribution in [0, 0.1) is 0 Å². The highest BCUT2D eigenvalue weighted by molar-refractivity contribution is 5.18. The molecule has 0 aromatic carbocycles. The van der Waals surface area contributed by atoms with Gasteiger partial charge >= 0.3 is 0 Å². The lowest BCUT2D eigenvalue weighted by molar-refractivity contribution is 1.09. The Bertz CT molecular complexity index is 192. The molecule has 1 aliphatic rings. The summed E-state index contributed by atoms with van der Waals surface area (Å²) < 4.78 is 0. The summed E-state index contributed by atoms with van der Waals surface area (Å²) >= 11 is 0. The largest absolute Gasteiger partial charge is 0.344 e. The number of rotatable bonds is 1. The fourth-order valence-corrected chi connectivity index (χ4v) is 1.03. The van der Waals surface area contributed by atoms with E-state index in [0.717, 1.165) is 5.92 Å². The predicted octanol–water partition coefficient (Wildman–Crippen LogP) is 2.12. The summed E-state index contributed by atoms with van der Waals surface area (Å²) in [4.78, 5) is 4.05. The molecule has 2 rings (SSSR count). The van der Waals surface area contributed by atoms with Crippen LogP contribution < -0.4 is 6.15 Å². The molecule has 54 valence electrons. The highest BCUT2D eigenvalue weighted by Crippen LogP contribution is 2.39. The molecule has 0 radical (unpaired) electrons. The standard InChI is InChI=1S/C8H9N.H3N/c1-2-8(6-9-5-1)7-3-4-7;/h1-2,5-7H,3-4H2;1H3. The van der Waals surface area contributed by atoms with Crippen molar-refractivity contribution in [2.45, 2.75) is 18.8 Å². The Morgan fingerprint density at radius 2 is 2.20 bits per heavy atom. The van der Waals surface area contributed by atoms with Crippen LogP contribution in [0.15, 0.2) is 24.5 Å². The Morgan fingerprint density at radius 1 is 1.40 bits per heavy atom. The number of hydrogen-bond acceptors (Lipinski definition) is 2. The molecule has 0 aliphatic heterocycles. The van der Waals surface area contributed by atoms with Gasteiger partial charge in [0.2, 0.25) is 0 Å². The minimum Gasteiger partial charge on any atom is -0.344 e. The van der Waals surface area contributed by atoms with E-state index in [4.69, 9.17) is 0 Å². The van der Waals surface area contributed by atoms with Gasteiger partial charge in [-0.1, -0.05) is 6.07 Å². The summed E-state index contributed by atoms with van der Waals surface area (Å²) in [5, 5.41) is 0. The quantitative estimate of drug-likeness (QED) is 0.642. The summed E-state index contributed by atoms with van der Waals surface area (Å²) in [6, 6.07) is 4.16. The molecular weight excluding hydrogens is 124 g/mol. The first-order valence-electron chi connectivity index (χ1n) is 3.37. The first kappa shape index (κ1) is 7.22. The summed E-state index contributed by atoms with van der Waals surface area (Å²) in [7, 11) is 0. The molecule has 0 saturated heterocycles. The van der Waals surface area contributed by atoms with Gasteiger partial charge in [0.25, 0.3) is 0 Å². The molecule has 2 nitrogen and oxygen atoms in total. The predicted molar refractivity (Wildman–Crippen MR) is 41.2 cm³/mol. The summed E-state index contributed by atoms with van der Waals surface area (Å²) in [5.74, 6) is 0.846. The summed E-state index contributed by atoms with van der Waals surface area (Å²) in [5.41, 5.74) is 1.41. The normalized spacial score (nSPS) is 16.0. The van der Waals surface area contributed by atoms with Crippen LogP contribution in [0.3, 0.4) is 0 Å². The van der Waals surface area contributed by atoms with Crippen LogP contribution in [-0.4, -0.2) is 4.98 Å². The maximum atomic E-state index is 4.05. The van der Waals surface area contributed by atoms with Gasteiger partial charge < -0.3 is 6.15 Å². The zero-order chi connectivity index (χ0) is 6.10. The van der Waals surface area contributed by atoms with Gasteiger partial charge in [-0.25, -0.2) is 0 Å².